The van der Waals surface area contributed by atoms with Crippen LogP contribution >= 0.6 is 0 Å². The van der Waals surface area contributed by atoms with E-state index in [2.05, 4.69) is 5.32 Å². The number of benzene rings is 2. The molecule has 122 valence electrons. The maximum Gasteiger partial charge on any atom is 0.335 e. The smallest absolute Gasteiger partial charge is 0.335 e. The van der Waals surface area contributed by atoms with Crippen LogP contribution in [0.3, 0.4) is 0 Å². The maximum atomic E-state index is 10.8. The van der Waals surface area contributed by atoms with E-state index < -0.39 is 5.97 Å². The Labute approximate surface area is 134 Å². The van der Waals surface area contributed by atoms with Gasteiger partial charge in [-0.25, -0.2) is 4.79 Å². The maximum absolute atomic E-state index is 10.8. The Hall–Kier alpha value is -2.89. The molecule has 2 aromatic carbocycles. The van der Waals surface area contributed by atoms with Gasteiger partial charge in [0.2, 0.25) is 5.75 Å². The fourth-order valence-electron chi connectivity index (χ4n) is 2.23. The highest BCUT2D eigenvalue weighted by Gasteiger charge is 2.15. The van der Waals surface area contributed by atoms with Crippen molar-refractivity contribution in [3.05, 3.63) is 47.5 Å². The van der Waals surface area contributed by atoms with Crippen molar-refractivity contribution >= 4 is 11.7 Å². The molecule has 0 unspecified atom stereocenters. The summed E-state index contributed by atoms with van der Waals surface area (Å²) in [6.45, 7) is 0.496. The minimum absolute atomic E-state index is 0.249. The largest absolute Gasteiger partial charge is 0.493 e. The molecular weight excluding hydrogens is 298 g/mol. The van der Waals surface area contributed by atoms with Crippen LogP contribution in [0.2, 0.25) is 0 Å². The first kappa shape index (κ1) is 16.5. The Morgan fingerprint density at radius 1 is 0.957 bits per heavy atom. The normalized spacial score (nSPS) is 10.0. The Balaban J connectivity index is 2.18. The van der Waals surface area contributed by atoms with Gasteiger partial charge in [0, 0.05) is 17.8 Å². The third-order valence-electron chi connectivity index (χ3n) is 3.40. The van der Waals surface area contributed by atoms with E-state index >= 15 is 0 Å². The first-order chi connectivity index (χ1) is 11.1. The predicted molar refractivity (Wildman–Crippen MR) is 86.8 cm³/mol. The topological polar surface area (TPSA) is 77.0 Å². The van der Waals surface area contributed by atoms with Gasteiger partial charge in [-0.1, -0.05) is 0 Å². The Kier molecular flexibility index (Phi) is 5.30. The lowest BCUT2D eigenvalue weighted by Gasteiger charge is -2.16. The van der Waals surface area contributed by atoms with Gasteiger partial charge in [-0.05, 0) is 36.4 Å². The van der Waals surface area contributed by atoms with Crippen LogP contribution in [0, 0.1) is 0 Å². The number of carboxylic acid groups (broad SMARTS) is 1. The van der Waals surface area contributed by atoms with E-state index in [9.17, 15) is 4.79 Å². The molecule has 2 rings (SSSR count). The van der Waals surface area contributed by atoms with E-state index in [0.717, 1.165) is 11.3 Å². The van der Waals surface area contributed by atoms with Gasteiger partial charge < -0.3 is 24.6 Å². The second-order valence-electron chi connectivity index (χ2n) is 4.73. The molecule has 0 aromatic heterocycles. The summed E-state index contributed by atoms with van der Waals surface area (Å²) in [5, 5.41) is 12.1. The van der Waals surface area contributed by atoms with Crippen molar-refractivity contribution in [2.24, 2.45) is 0 Å². The van der Waals surface area contributed by atoms with E-state index in [-0.39, 0.29) is 5.56 Å². The van der Waals surface area contributed by atoms with Gasteiger partial charge in [-0.3, -0.25) is 0 Å². The standard InChI is InChI=1S/C17H19NO5/c1-21-14-9-6-12(15(22-2)16(14)23-3)10-18-13-7-4-11(5-8-13)17(19)20/h4-9,18H,10H2,1-3H3,(H,19,20). The monoisotopic (exact) mass is 317 g/mol. The van der Waals surface area contributed by atoms with Gasteiger partial charge in [0.1, 0.15) is 0 Å². The average molecular weight is 317 g/mol. The number of ether oxygens (including phenoxy) is 3. The summed E-state index contributed by atoms with van der Waals surface area (Å²) >= 11 is 0. The molecule has 23 heavy (non-hydrogen) atoms. The molecule has 0 radical (unpaired) electrons. The number of methoxy groups -OCH3 is 3. The van der Waals surface area contributed by atoms with Crippen molar-refractivity contribution in [2.45, 2.75) is 6.54 Å². The van der Waals surface area contributed by atoms with Crippen molar-refractivity contribution in [1.29, 1.82) is 0 Å². The number of hydrogen-bond donors (Lipinski definition) is 2. The number of aromatic carboxylic acids is 1. The zero-order valence-electron chi connectivity index (χ0n) is 13.3. The van der Waals surface area contributed by atoms with E-state index in [1.807, 2.05) is 12.1 Å². The Morgan fingerprint density at radius 3 is 2.13 bits per heavy atom. The van der Waals surface area contributed by atoms with Crippen LogP contribution in [0.15, 0.2) is 36.4 Å². The van der Waals surface area contributed by atoms with Gasteiger partial charge in [0.05, 0.1) is 26.9 Å². The molecule has 0 amide bonds. The van der Waals surface area contributed by atoms with Gasteiger partial charge in [0.25, 0.3) is 0 Å². The number of carboxylic acids is 1. The summed E-state index contributed by atoms with van der Waals surface area (Å²) in [4.78, 5) is 10.8. The number of hydrogen-bond acceptors (Lipinski definition) is 5. The summed E-state index contributed by atoms with van der Waals surface area (Å²) in [7, 11) is 4.70. The summed E-state index contributed by atoms with van der Waals surface area (Å²) in [6.07, 6.45) is 0. The molecular formula is C17H19NO5. The SMILES string of the molecule is COc1ccc(CNc2ccc(C(=O)O)cc2)c(OC)c1OC. The number of rotatable bonds is 7. The second-order valence-corrected chi connectivity index (χ2v) is 4.73. The van der Waals surface area contributed by atoms with Crippen molar-refractivity contribution in [2.75, 3.05) is 26.6 Å². The molecule has 6 heteroatoms. The highest BCUT2D eigenvalue weighted by Crippen LogP contribution is 2.39. The number of nitrogens with one attached hydrogen (secondary N) is 1. The van der Waals surface area contributed by atoms with Crippen LogP contribution in [0.25, 0.3) is 0 Å². The minimum atomic E-state index is -0.946. The minimum Gasteiger partial charge on any atom is -0.493 e. The molecule has 0 heterocycles. The molecule has 0 saturated heterocycles. The molecule has 0 saturated carbocycles. The van der Waals surface area contributed by atoms with Crippen molar-refractivity contribution in [3.63, 3.8) is 0 Å². The molecule has 0 fully saturated rings. The van der Waals surface area contributed by atoms with Crippen LogP contribution in [0.1, 0.15) is 15.9 Å². The molecule has 0 aliphatic rings. The van der Waals surface area contributed by atoms with E-state index in [1.165, 1.54) is 0 Å². The summed E-state index contributed by atoms with van der Waals surface area (Å²) in [5.74, 6) is 0.786. The van der Waals surface area contributed by atoms with Crippen LogP contribution < -0.4 is 19.5 Å². The molecule has 0 spiro atoms. The summed E-state index contributed by atoms with van der Waals surface area (Å²) < 4.78 is 16.0. The van der Waals surface area contributed by atoms with Crippen molar-refractivity contribution in [1.82, 2.24) is 0 Å². The third-order valence-corrected chi connectivity index (χ3v) is 3.40. The number of carbonyl (C=O) groups is 1. The first-order valence-electron chi connectivity index (χ1n) is 6.95. The lowest BCUT2D eigenvalue weighted by Crippen LogP contribution is -2.04. The number of anilines is 1. The van der Waals surface area contributed by atoms with Gasteiger partial charge in [-0.15, -0.1) is 0 Å². The molecule has 2 aromatic rings. The average Bonchev–Trinajstić information content (AvgIpc) is 2.59. The van der Waals surface area contributed by atoms with Crippen molar-refractivity contribution in [3.8, 4) is 17.2 Å². The summed E-state index contributed by atoms with van der Waals surface area (Å²) in [5.41, 5.74) is 1.96. The van der Waals surface area contributed by atoms with Crippen LogP contribution in [0.4, 0.5) is 5.69 Å². The molecule has 0 bridgehead atoms. The molecule has 0 aliphatic heterocycles. The lowest BCUT2D eigenvalue weighted by molar-refractivity contribution is 0.0697. The zero-order chi connectivity index (χ0) is 16.8. The quantitative estimate of drug-likeness (QED) is 0.817. The highest BCUT2D eigenvalue weighted by molar-refractivity contribution is 5.88. The van der Waals surface area contributed by atoms with Gasteiger partial charge in [0.15, 0.2) is 11.5 Å². The van der Waals surface area contributed by atoms with Gasteiger partial charge >= 0.3 is 5.97 Å². The Morgan fingerprint density at radius 2 is 1.61 bits per heavy atom. The zero-order valence-corrected chi connectivity index (χ0v) is 13.3. The second kappa shape index (κ2) is 7.40. The first-order valence-corrected chi connectivity index (χ1v) is 6.95. The van der Waals surface area contributed by atoms with Gasteiger partial charge in [-0.2, -0.15) is 0 Å². The molecule has 0 aliphatic carbocycles. The highest BCUT2D eigenvalue weighted by atomic mass is 16.5. The van der Waals surface area contributed by atoms with E-state index in [0.29, 0.717) is 23.8 Å². The Bertz CT molecular complexity index is 682. The molecule has 2 N–H and O–H groups in total. The lowest BCUT2D eigenvalue weighted by atomic mass is 10.1. The summed E-state index contributed by atoms with van der Waals surface area (Å²) in [6, 6.07) is 10.2. The van der Waals surface area contributed by atoms with Crippen LogP contribution in [-0.2, 0) is 6.54 Å². The molecule has 0 atom stereocenters. The van der Waals surface area contributed by atoms with E-state index in [1.54, 1.807) is 45.6 Å². The fraction of sp³-hybridized carbons (Fsp3) is 0.235. The van der Waals surface area contributed by atoms with E-state index in [4.69, 9.17) is 19.3 Å². The van der Waals surface area contributed by atoms with Crippen molar-refractivity contribution < 1.29 is 24.1 Å². The van der Waals surface area contributed by atoms with Crippen LogP contribution in [0.5, 0.6) is 17.2 Å². The third kappa shape index (κ3) is 3.66. The molecule has 6 nitrogen and oxygen atoms in total. The van der Waals surface area contributed by atoms with Crippen LogP contribution in [-0.4, -0.2) is 32.4 Å². The fourth-order valence-corrected chi connectivity index (χ4v) is 2.23. The predicted octanol–water partition coefficient (Wildman–Crippen LogP) is 3.02.